The molecule has 5 rings (SSSR count). The highest BCUT2D eigenvalue weighted by atomic mass is 127. The summed E-state index contributed by atoms with van der Waals surface area (Å²) in [5, 5.41) is 29.3. The molecule has 3 heterocycles. The standard InChI is InChI=1S/C62H86I3N3O16/c1-32-18-14-13-15-19-33(2)46(79-10)30-42-23-21-38(7)62(78,84-42)58(74)59(75)68-25-17-16-20-43(68)60(76)83-47(31-44(71)34(3)27-37(6)56(73)57(81-12)55(72)36(5)26-32)35(4)28-41-22-24-45(48(29-41)80-11)82-61(77)49-50(63)53(66-39(8)69)52(65)54(51(49)64)67-40(9)70/h13-15,18-19,27,32,34-36,38,41-43,45-48,56-57,73,78H,16-17,20-26,28-31H2,1-12H3,(H,66,69)(H,67,70)/b15-13?,18-14+,33-19?,37-27+/t32-,34-,35-,36-,38-,41+,42+,43+,45-,46+,47+,48-,56-,57+,62-/m1/s1. The lowest BCUT2D eigenvalue weighted by Crippen LogP contribution is -2.61. The number of aliphatic hydroxyl groups excluding tert-OH is 1. The maximum absolute atomic E-state index is 14.7. The zero-order chi connectivity index (χ0) is 62.5. The molecule has 15 atom stereocenters. The van der Waals surface area contributed by atoms with Crippen LogP contribution in [0.5, 0.6) is 0 Å². The van der Waals surface area contributed by atoms with Crippen molar-refractivity contribution in [3.63, 3.8) is 0 Å². The number of halogens is 3. The van der Waals surface area contributed by atoms with Crippen LogP contribution in [0.4, 0.5) is 11.4 Å². The first kappa shape index (κ1) is 71.2. The molecule has 19 nitrogen and oxygen atoms in total. The number of anilines is 2. The van der Waals surface area contributed by atoms with Crippen molar-refractivity contribution in [2.45, 2.75) is 194 Å². The quantitative estimate of drug-likeness (QED) is 0.0735. The number of fused-ring (bicyclic) bond motifs is 3. The fraction of sp³-hybridized carbons (Fsp3) is 0.645. The molecular formula is C62H86I3N3O16. The molecule has 4 aliphatic rings. The summed E-state index contributed by atoms with van der Waals surface area (Å²) in [6, 6.07) is -1.22. The summed E-state index contributed by atoms with van der Waals surface area (Å²) in [6.45, 7) is 15.2. The number of nitrogens with zero attached hydrogens (tertiary/aromatic N) is 1. The maximum Gasteiger partial charge on any atom is 0.340 e. The molecule has 84 heavy (non-hydrogen) atoms. The topological polar surface area (TPSA) is 260 Å². The number of amides is 3. The Morgan fingerprint density at radius 1 is 0.798 bits per heavy atom. The summed E-state index contributed by atoms with van der Waals surface area (Å²) < 4.78 is 37.6. The number of esters is 2. The lowest BCUT2D eigenvalue weighted by Gasteiger charge is -2.42. The van der Waals surface area contributed by atoms with Crippen molar-refractivity contribution in [3.8, 4) is 0 Å². The highest BCUT2D eigenvalue weighted by Gasteiger charge is 2.53. The van der Waals surface area contributed by atoms with E-state index >= 15 is 0 Å². The van der Waals surface area contributed by atoms with Crippen molar-refractivity contribution in [1.29, 1.82) is 0 Å². The number of benzene rings is 1. The molecule has 0 spiro atoms. The number of hydrogen-bond acceptors (Lipinski definition) is 16. The zero-order valence-corrected chi connectivity index (χ0v) is 56.9. The van der Waals surface area contributed by atoms with Gasteiger partial charge < -0.3 is 54.2 Å². The number of aliphatic hydroxyl groups is 2. The second-order valence-corrected chi connectivity index (χ2v) is 26.6. The van der Waals surface area contributed by atoms with Crippen molar-refractivity contribution in [2.75, 3.05) is 38.5 Å². The Bertz CT molecular complexity index is 2670. The van der Waals surface area contributed by atoms with Gasteiger partial charge >= 0.3 is 11.9 Å². The molecule has 0 radical (unpaired) electrons. The summed E-state index contributed by atoms with van der Waals surface area (Å²) in [4.78, 5) is 112. The predicted molar refractivity (Wildman–Crippen MR) is 342 cm³/mol. The molecule has 4 N–H and O–H groups in total. The normalized spacial score (nSPS) is 32.7. The van der Waals surface area contributed by atoms with E-state index in [1.165, 1.54) is 28.1 Å². The molecule has 2 saturated heterocycles. The summed E-state index contributed by atoms with van der Waals surface area (Å²) in [7, 11) is 4.45. The van der Waals surface area contributed by atoms with Crippen LogP contribution in [0.1, 0.15) is 150 Å². The van der Waals surface area contributed by atoms with Crippen LogP contribution in [-0.4, -0.2) is 145 Å². The van der Waals surface area contributed by atoms with Crippen LogP contribution in [-0.2, 0) is 62.0 Å². The number of carbonyl (C=O) groups is 8. The van der Waals surface area contributed by atoms with Crippen LogP contribution >= 0.6 is 67.8 Å². The molecule has 0 unspecified atom stereocenters. The number of carbonyl (C=O) groups excluding carboxylic acids is 8. The molecule has 466 valence electrons. The van der Waals surface area contributed by atoms with E-state index in [9.17, 15) is 48.6 Å². The first-order valence-corrected chi connectivity index (χ1v) is 32.3. The first-order valence-electron chi connectivity index (χ1n) is 29.0. The highest BCUT2D eigenvalue weighted by Crippen LogP contribution is 2.42. The van der Waals surface area contributed by atoms with Crippen LogP contribution in [0.3, 0.4) is 0 Å². The van der Waals surface area contributed by atoms with Crippen LogP contribution in [0.2, 0.25) is 0 Å². The van der Waals surface area contributed by atoms with E-state index in [1.807, 2.05) is 119 Å². The second kappa shape index (κ2) is 32.6. The SMILES string of the molecule is CO[C@H]1C[C@@H]2CC[C@@H](C)[C@@](O)(O2)C(=O)C(=O)N2CCCC[C@H]2C(=O)O[C@H]([C@H](C)C[C@@H]2CC[C@@H](OC(=O)c3c(I)c(NC(C)=O)c(I)c(NC(C)=O)c3I)[C@H](OC)C2)CC(=O)[C@H](C)/C=C(\C)[C@@H](O)[C@@H](OC)C(=O)[C@H](C)C[C@H](C)/C=C/C=CC=C1C. The lowest BCUT2D eigenvalue weighted by molar-refractivity contribution is -0.265. The molecule has 3 amide bonds. The monoisotopic (exact) mass is 1510 g/mol. The van der Waals surface area contributed by atoms with Crippen molar-refractivity contribution < 1.29 is 77.0 Å². The molecule has 3 fully saturated rings. The zero-order valence-electron chi connectivity index (χ0n) is 50.4. The Kier molecular flexibility index (Phi) is 27.7. The maximum atomic E-state index is 14.7. The van der Waals surface area contributed by atoms with Gasteiger partial charge in [-0.2, -0.15) is 0 Å². The minimum atomic E-state index is -2.49. The van der Waals surface area contributed by atoms with Crippen LogP contribution in [0, 0.1) is 46.2 Å². The number of ketones is 3. The Hall–Kier alpha value is -3.51. The van der Waals surface area contributed by atoms with Gasteiger partial charge in [0.1, 0.15) is 36.2 Å². The van der Waals surface area contributed by atoms with E-state index < -0.39 is 102 Å². The highest BCUT2D eigenvalue weighted by molar-refractivity contribution is 14.1. The largest absolute Gasteiger partial charge is 0.460 e. The van der Waals surface area contributed by atoms with E-state index in [4.69, 9.17) is 28.4 Å². The van der Waals surface area contributed by atoms with Gasteiger partial charge in [0.15, 0.2) is 5.78 Å². The van der Waals surface area contributed by atoms with E-state index in [2.05, 4.69) is 10.6 Å². The van der Waals surface area contributed by atoms with Crippen LogP contribution in [0.25, 0.3) is 0 Å². The number of nitrogens with one attached hydrogen (secondary N) is 2. The number of hydrogen-bond donors (Lipinski definition) is 4. The van der Waals surface area contributed by atoms with Gasteiger partial charge in [-0.1, -0.05) is 71.1 Å². The summed E-state index contributed by atoms with van der Waals surface area (Å²) in [6.07, 6.45) is 9.35. The summed E-state index contributed by atoms with van der Waals surface area (Å²) >= 11 is 5.99. The van der Waals surface area contributed by atoms with Crippen LogP contribution < -0.4 is 10.6 Å². The van der Waals surface area contributed by atoms with Crippen molar-refractivity contribution in [3.05, 3.63) is 63.9 Å². The molecule has 1 aromatic rings. The number of allylic oxidation sites excluding steroid dienone is 6. The first-order chi connectivity index (χ1) is 39.6. The number of Topliss-reactive ketones (excluding diaryl/α,β-unsaturated/α-hetero) is 3. The average molecular weight is 1510 g/mol. The Labute approximate surface area is 535 Å². The molecule has 1 aliphatic carbocycles. The average Bonchev–Trinajstić information content (AvgIpc) is 2.85. The smallest absolute Gasteiger partial charge is 0.340 e. The van der Waals surface area contributed by atoms with Crippen molar-refractivity contribution in [1.82, 2.24) is 4.90 Å². The third-order valence-corrected chi connectivity index (χ3v) is 20.1. The van der Waals surface area contributed by atoms with Gasteiger partial charge in [0.05, 0.1) is 46.0 Å². The van der Waals surface area contributed by atoms with Gasteiger partial charge in [-0.25, -0.2) is 9.59 Å². The summed E-state index contributed by atoms with van der Waals surface area (Å²) in [5.74, 6) is -10.2. The van der Waals surface area contributed by atoms with Gasteiger partial charge in [-0.05, 0) is 175 Å². The third-order valence-electron chi connectivity index (χ3n) is 16.8. The number of methoxy groups -OCH3 is 3. The molecule has 0 aromatic heterocycles. The Morgan fingerprint density at radius 3 is 2.06 bits per heavy atom. The Balaban J connectivity index is 1.46. The van der Waals surface area contributed by atoms with E-state index in [0.717, 1.165) is 10.5 Å². The minimum Gasteiger partial charge on any atom is -0.460 e. The van der Waals surface area contributed by atoms with Crippen molar-refractivity contribution in [2.24, 2.45) is 35.5 Å². The fourth-order valence-electron chi connectivity index (χ4n) is 11.8. The van der Waals surface area contributed by atoms with Crippen molar-refractivity contribution >= 4 is 126 Å². The van der Waals surface area contributed by atoms with E-state index in [1.54, 1.807) is 40.9 Å². The minimum absolute atomic E-state index is 0.0195. The molecule has 1 saturated carbocycles. The van der Waals surface area contributed by atoms with Crippen LogP contribution in [0.15, 0.2) is 47.6 Å². The Morgan fingerprint density at radius 2 is 1.45 bits per heavy atom. The van der Waals surface area contributed by atoms with E-state index in [-0.39, 0.29) is 66.6 Å². The van der Waals surface area contributed by atoms with Gasteiger partial charge in [-0.3, -0.25) is 28.8 Å². The number of piperidine rings is 1. The third kappa shape index (κ3) is 18.3. The predicted octanol–water partition coefficient (Wildman–Crippen LogP) is 9.78. The van der Waals surface area contributed by atoms with Gasteiger partial charge in [0.25, 0.3) is 11.7 Å². The fourth-order valence-corrected chi connectivity index (χ4v) is 16.0. The molecule has 1 aromatic carbocycles. The van der Waals surface area contributed by atoms with Gasteiger partial charge in [0, 0.05) is 72.3 Å². The molecular weight excluding hydrogens is 1420 g/mol. The number of ether oxygens (including phenoxy) is 6. The number of cyclic esters (lactones) is 1. The molecule has 22 heteroatoms. The second-order valence-electron chi connectivity index (χ2n) is 23.4. The molecule has 3 aliphatic heterocycles. The molecule has 2 bridgehead atoms. The lowest BCUT2D eigenvalue weighted by atomic mass is 9.78. The number of rotatable bonds is 10. The summed E-state index contributed by atoms with van der Waals surface area (Å²) in [5.41, 5.74) is 2.07. The van der Waals surface area contributed by atoms with E-state index in [0.29, 0.717) is 85.4 Å². The van der Waals surface area contributed by atoms with Gasteiger partial charge in [-0.15, -0.1) is 0 Å². The van der Waals surface area contributed by atoms with Gasteiger partial charge in [0.2, 0.25) is 17.6 Å².